The first-order chi connectivity index (χ1) is 10.1. The Labute approximate surface area is 125 Å². The lowest BCUT2D eigenvalue weighted by Crippen LogP contribution is -2.52. The van der Waals surface area contributed by atoms with Gasteiger partial charge in [0.2, 0.25) is 0 Å². The highest BCUT2D eigenvalue weighted by Crippen LogP contribution is 2.11. The minimum atomic E-state index is -0.184. The summed E-state index contributed by atoms with van der Waals surface area (Å²) in [6.07, 6.45) is 0. The zero-order valence-corrected chi connectivity index (χ0v) is 12.5. The van der Waals surface area contributed by atoms with Crippen LogP contribution in [0.4, 0.5) is 0 Å². The maximum absolute atomic E-state index is 12.4. The number of aliphatic hydroxyl groups is 1. The number of hydrogen-bond acceptors (Lipinski definition) is 4. The zero-order chi connectivity index (χ0) is 15.2. The molecule has 0 unspecified atom stereocenters. The second-order valence-electron chi connectivity index (χ2n) is 5.22. The second-order valence-corrected chi connectivity index (χ2v) is 5.22. The van der Waals surface area contributed by atoms with E-state index in [9.17, 15) is 4.79 Å². The molecule has 1 heterocycles. The molecule has 112 valence electrons. The van der Waals surface area contributed by atoms with Crippen LogP contribution in [0, 0.1) is 18.8 Å². The summed E-state index contributed by atoms with van der Waals surface area (Å²) in [6, 6.07) is 5.49. The number of piperazine rings is 1. The maximum Gasteiger partial charge on any atom is 0.265 e. The van der Waals surface area contributed by atoms with Gasteiger partial charge in [-0.25, -0.2) is 5.01 Å². The van der Waals surface area contributed by atoms with Gasteiger partial charge >= 0.3 is 0 Å². The quantitative estimate of drug-likeness (QED) is 0.765. The molecule has 0 aromatic heterocycles. The summed E-state index contributed by atoms with van der Waals surface area (Å²) in [5, 5.41) is 10.7. The summed E-state index contributed by atoms with van der Waals surface area (Å²) in [5.74, 6) is 5.31. The Morgan fingerprint density at radius 3 is 2.71 bits per heavy atom. The number of likely N-dealkylation sites (N-methyl/N-ethyl adjacent to an activating group) is 1. The fraction of sp³-hybridized carbons (Fsp3) is 0.438. The van der Waals surface area contributed by atoms with Crippen LogP contribution in [0.2, 0.25) is 0 Å². The normalized spacial score (nSPS) is 16.1. The van der Waals surface area contributed by atoms with Crippen molar-refractivity contribution in [2.24, 2.45) is 0 Å². The van der Waals surface area contributed by atoms with Gasteiger partial charge in [0.1, 0.15) is 6.61 Å². The van der Waals surface area contributed by atoms with Gasteiger partial charge in [-0.2, -0.15) is 0 Å². The molecular formula is C16H21N3O2. The molecule has 0 spiro atoms. The zero-order valence-electron chi connectivity index (χ0n) is 12.5. The Morgan fingerprint density at radius 2 is 2.05 bits per heavy atom. The molecule has 5 heteroatoms. The van der Waals surface area contributed by atoms with Crippen molar-refractivity contribution < 1.29 is 9.90 Å². The highest BCUT2D eigenvalue weighted by molar-refractivity contribution is 5.95. The van der Waals surface area contributed by atoms with Gasteiger partial charge in [0, 0.05) is 37.3 Å². The number of hydrazine groups is 1. The number of nitrogens with one attached hydrogen (secondary N) is 1. The Balaban J connectivity index is 2.07. The maximum atomic E-state index is 12.4. The number of aryl methyl sites for hydroxylation is 1. The van der Waals surface area contributed by atoms with Gasteiger partial charge in [0.05, 0.1) is 0 Å². The van der Waals surface area contributed by atoms with Crippen LogP contribution >= 0.6 is 0 Å². The smallest absolute Gasteiger partial charge is 0.265 e. The molecule has 5 nitrogen and oxygen atoms in total. The molecule has 0 bridgehead atoms. The molecule has 1 fully saturated rings. The predicted molar refractivity (Wildman–Crippen MR) is 81.7 cm³/mol. The number of hydrogen-bond donors (Lipinski definition) is 2. The number of rotatable bonds is 2. The molecule has 2 N–H and O–H groups in total. The molecule has 0 atom stereocenters. The van der Waals surface area contributed by atoms with Crippen LogP contribution in [0.3, 0.4) is 0 Å². The Morgan fingerprint density at radius 1 is 1.33 bits per heavy atom. The molecule has 1 amide bonds. The van der Waals surface area contributed by atoms with E-state index < -0.39 is 0 Å². The number of aliphatic hydroxyl groups excluding tert-OH is 1. The number of carbonyl (C=O) groups excluding carboxylic acids is 1. The van der Waals surface area contributed by atoms with Crippen LogP contribution < -0.4 is 5.43 Å². The van der Waals surface area contributed by atoms with E-state index in [0.29, 0.717) is 5.56 Å². The molecule has 0 radical (unpaired) electrons. The third-order valence-electron chi connectivity index (χ3n) is 3.56. The lowest BCUT2D eigenvalue weighted by atomic mass is 10.0. The third-order valence-corrected chi connectivity index (χ3v) is 3.56. The first-order valence-corrected chi connectivity index (χ1v) is 7.05. The Hall–Kier alpha value is -1.87. The summed E-state index contributed by atoms with van der Waals surface area (Å²) >= 11 is 0. The van der Waals surface area contributed by atoms with Crippen molar-refractivity contribution in [2.45, 2.75) is 6.92 Å². The fourth-order valence-electron chi connectivity index (χ4n) is 2.21. The van der Waals surface area contributed by atoms with Crippen molar-refractivity contribution >= 4 is 5.91 Å². The molecule has 1 aromatic rings. The van der Waals surface area contributed by atoms with Crippen LogP contribution in [0.25, 0.3) is 0 Å². The molecule has 21 heavy (non-hydrogen) atoms. The van der Waals surface area contributed by atoms with Crippen LogP contribution in [0.15, 0.2) is 18.2 Å². The highest BCUT2D eigenvalue weighted by atomic mass is 16.2. The lowest BCUT2D eigenvalue weighted by molar-refractivity contribution is 0.0662. The Kier molecular flexibility index (Phi) is 5.34. The molecule has 0 saturated carbocycles. The predicted octanol–water partition coefficient (Wildman–Crippen LogP) is 0.231. The third kappa shape index (κ3) is 4.30. The van der Waals surface area contributed by atoms with Gasteiger partial charge < -0.3 is 10.0 Å². The van der Waals surface area contributed by atoms with Gasteiger partial charge in [-0.15, -0.1) is 0 Å². The SMILES string of the molecule is Cc1ccc(C#CCO)cc1C(=O)NN1CCN(C)CC1. The summed E-state index contributed by atoms with van der Waals surface area (Å²) in [6.45, 7) is 5.26. The molecule has 1 saturated heterocycles. The molecule has 0 aliphatic carbocycles. The van der Waals surface area contributed by atoms with Crippen molar-refractivity contribution in [3.05, 3.63) is 34.9 Å². The van der Waals surface area contributed by atoms with Crippen LogP contribution in [0.5, 0.6) is 0 Å². The average Bonchev–Trinajstić information content (AvgIpc) is 2.48. The van der Waals surface area contributed by atoms with Gasteiger partial charge in [-0.05, 0) is 31.7 Å². The summed E-state index contributed by atoms with van der Waals surface area (Å²) in [4.78, 5) is 14.6. The Bertz CT molecular complexity index is 567. The topological polar surface area (TPSA) is 55.8 Å². The number of benzene rings is 1. The minimum Gasteiger partial charge on any atom is -0.384 e. The number of amides is 1. The molecule has 1 aliphatic heterocycles. The summed E-state index contributed by atoms with van der Waals surface area (Å²) in [5.41, 5.74) is 5.22. The van der Waals surface area contributed by atoms with E-state index in [1.807, 2.05) is 24.1 Å². The largest absolute Gasteiger partial charge is 0.384 e. The van der Waals surface area contributed by atoms with Crippen molar-refractivity contribution in [3.8, 4) is 11.8 Å². The molecule has 2 rings (SSSR count). The van der Waals surface area contributed by atoms with Crippen molar-refractivity contribution in [3.63, 3.8) is 0 Å². The van der Waals surface area contributed by atoms with Crippen molar-refractivity contribution in [2.75, 3.05) is 39.8 Å². The molecule has 1 aromatic carbocycles. The number of carbonyl (C=O) groups is 1. The van der Waals surface area contributed by atoms with Crippen LogP contribution in [0.1, 0.15) is 21.5 Å². The van der Waals surface area contributed by atoms with Crippen LogP contribution in [-0.2, 0) is 0 Å². The standard InChI is InChI=1S/C16H21N3O2/c1-13-5-6-14(4-3-11-20)12-15(13)16(21)17-19-9-7-18(2)8-10-19/h5-6,12,20H,7-11H2,1-2H3,(H,17,21). The van der Waals surface area contributed by atoms with E-state index in [4.69, 9.17) is 5.11 Å². The average molecular weight is 287 g/mol. The molecular weight excluding hydrogens is 266 g/mol. The van der Waals surface area contributed by atoms with Gasteiger partial charge in [-0.1, -0.05) is 17.9 Å². The van der Waals surface area contributed by atoms with Crippen molar-refractivity contribution in [1.82, 2.24) is 15.3 Å². The summed E-state index contributed by atoms with van der Waals surface area (Å²) < 4.78 is 0. The second kappa shape index (κ2) is 7.23. The van der Waals surface area contributed by atoms with Gasteiger partial charge in [0.25, 0.3) is 5.91 Å². The van der Waals surface area contributed by atoms with E-state index in [1.54, 1.807) is 6.07 Å². The van der Waals surface area contributed by atoms with Crippen LogP contribution in [-0.4, -0.2) is 60.8 Å². The van der Waals surface area contributed by atoms with Gasteiger partial charge in [0.15, 0.2) is 0 Å². The first-order valence-electron chi connectivity index (χ1n) is 7.05. The first kappa shape index (κ1) is 15.5. The molecule has 1 aliphatic rings. The lowest BCUT2D eigenvalue weighted by Gasteiger charge is -2.32. The highest BCUT2D eigenvalue weighted by Gasteiger charge is 2.17. The van der Waals surface area contributed by atoms with E-state index in [1.165, 1.54) is 0 Å². The summed E-state index contributed by atoms with van der Waals surface area (Å²) in [7, 11) is 2.08. The van der Waals surface area contributed by atoms with E-state index in [0.717, 1.165) is 37.3 Å². The minimum absolute atomic E-state index is 0.107. The van der Waals surface area contributed by atoms with E-state index >= 15 is 0 Å². The van der Waals surface area contributed by atoms with E-state index in [-0.39, 0.29) is 12.5 Å². The van der Waals surface area contributed by atoms with Crippen molar-refractivity contribution in [1.29, 1.82) is 0 Å². The monoisotopic (exact) mass is 287 g/mol. The fourth-order valence-corrected chi connectivity index (χ4v) is 2.21. The number of nitrogens with zero attached hydrogens (tertiary/aromatic N) is 2. The van der Waals surface area contributed by atoms with E-state index in [2.05, 4.69) is 29.2 Å². The van der Waals surface area contributed by atoms with Gasteiger partial charge in [-0.3, -0.25) is 10.2 Å².